The van der Waals surface area contributed by atoms with Gasteiger partial charge in [0.2, 0.25) is 0 Å². The van der Waals surface area contributed by atoms with Crippen LogP contribution >= 0.6 is 22.6 Å². The highest BCUT2D eigenvalue weighted by Crippen LogP contribution is 2.36. The van der Waals surface area contributed by atoms with Gasteiger partial charge in [0.15, 0.2) is 0 Å². The van der Waals surface area contributed by atoms with Crippen LogP contribution in [0.15, 0.2) is 12.1 Å². The Morgan fingerprint density at radius 3 is 2.15 bits per heavy atom. The van der Waals surface area contributed by atoms with Gasteiger partial charge >= 0.3 is 6.18 Å². The van der Waals surface area contributed by atoms with E-state index in [1.807, 2.05) is 0 Å². The smallest absolute Gasteiger partial charge is 0.398 e. The Labute approximate surface area is 85.1 Å². The molecule has 0 saturated carbocycles. The molecule has 0 saturated heterocycles. The molecule has 0 unspecified atom stereocenters. The van der Waals surface area contributed by atoms with Crippen LogP contribution < -0.4 is 5.73 Å². The molecule has 0 aromatic heterocycles. The van der Waals surface area contributed by atoms with Gasteiger partial charge in [0.05, 0.1) is 3.57 Å². The Kier molecular flexibility index (Phi) is 2.69. The minimum absolute atomic E-state index is 0.0747. The van der Waals surface area contributed by atoms with Crippen LogP contribution in [0.1, 0.15) is 5.56 Å². The first-order valence-corrected chi connectivity index (χ1v) is 4.22. The molecular weight excluding hydrogens is 301 g/mol. The van der Waals surface area contributed by atoms with Crippen molar-refractivity contribution in [3.63, 3.8) is 0 Å². The van der Waals surface area contributed by atoms with E-state index in [1.165, 1.54) is 22.6 Å². The van der Waals surface area contributed by atoms with Crippen molar-refractivity contribution in [2.75, 3.05) is 5.73 Å². The summed E-state index contributed by atoms with van der Waals surface area (Å²) in [5.41, 5.74) is 3.84. The van der Waals surface area contributed by atoms with Gasteiger partial charge < -0.3 is 5.73 Å². The van der Waals surface area contributed by atoms with Crippen molar-refractivity contribution >= 4 is 28.3 Å². The van der Waals surface area contributed by atoms with Crippen LogP contribution in [0.3, 0.4) is 0 Å². The molecule has 0 fully saturated rings. The van der Waals surface area contributed by atoms with E-state index in [9.17, 15) is 17.6 Å². The Balaban J connectivity index is 3.43. The highest BCUT2D eigenvalue weighted by Gasteiger charge is 2.37. The molecule has 1 rings (SSSR count). The molecule has 0 heterocycles. The van der Waals surface area contributed by atoms with E-state index in [0.717, 1.165) is 6.07 Å². The summed E-state index contributed by atoms with van der Waals surface area (Å²) in [4.78, 5) is 0. The number of halogens is 5. The van der Waals surface area contributed by atoms with Crippen LogP contribution in [0.4, 0.5) is 23.2 Å². The lowest BCUT2D eigenvalue weighted by Gasteiger charge is -2.11. The molecule has 72 valence electrons. The largest absolute Gasteiger partial charge is 0.420 e. The van der Waals surface area contributed by atoms with Crippen molar-refractivity contribution < 1.29 is 17.6 Å². The SMILES string of the molecule is Nc1ccc(F)c(C(F)(F)F)c1I. The number of hydrogen-bond donors (Lipinski definition) is 1. The van der Waals surface area contributed by atoms with Crippen molar-refractivity contribution in [2.24, 2.45) is 0 Å². The Morgan fingerprint density at radius 1 is 1.23 bits per heavy atom. The second kappa shape index (κ2) is 3.32. The van der Waals surface area contributed by atoms with Gasteiger partial charge in [-0.15, -0.1) is 0 Å². The maximum Gasteiger partial charge on any atom is 0.420 e. The Bertz CT molecular complexity index is 334. The first-order chi connectivity index (χ1) is 5.84. The monoisotopic (exact) mass is 305 g/mol. The molecule has 6 heteroatoms. The van der Waals surface area contributed by atoms with Crippen LogP contribution in [0.2, 0.25) is 0 Å². The summed E-state index contributed by atoms with van der Waals surface area (Å²) in [6, 6.07) is 1.81. The van der Waals surface area contributed by atoms with Gasteiger partial charge in [0, 0.05) is 5.69 Å². The van der Waals surface area contributed by atoms with Crippen molar-refractivity contribution in [2.45, 2.75) is 6.18 Å². The van der Waals surface area contributed by atoms with Crippen LogP contribution in [-0.4, -0.2) is 0 Å². The van der Waals surface area contributed by atoms with Crippen LogP contribution in [-0.2, 0) is 6.18 Å². The average molecular weight is 305 g/mol. The zero-order chi connectivity index (χ0) is 10.2. The number of alkyl halides is 3. The van der Waals surface area contributed by atoms with E-state index < -0.39 is 17.6 Å². The van der Waals surface area contributed by atoms with Gasteiger partial charge in [-0.1, -0.05) is 0 Å². The maximum absolute atomic E-state index is 12.7. The number of nitrogens with two attached hydrogens (primary N) is 1. The lowest BCUT2D eigenvalue weighted by molar-refractivity contribution is -0.140. The third-order valence-corrected chi connectivity index (χ3v) is 2.57. The summed E-state index contributed by atoms with van der Waals surface area (Å²) >= 11 is 1.37. The molecular formula is C7H4F4IN. The van der Waals surface area contributed by atoms with Gasteiger partial charge in [-0.3, -0.25) is 0 Å². The minimum atomic E-state index is -4.70. The van der Waals surface area contributed by atoms with E-state index in [1.54, 1.807) is 0 Å². The third kappa shape index (κ3) is 2.04. The van der Waals surface area contributed by atoms with Crippen LogP contribution in [0, 0.1) is 9.39 Å². The molecule has 0 spiro atoms. The second-order valence-electron chi connectivity index (χ2n) is 2.32. The molecule has 0 amide bonds. The van der Waals surface area contributed by atoms with Crippen molar-refractivity contribution in [3.8, 4) is 0 Å². The number of benzene rings is 1. The molecule has 0 radical (unpaired) electrons. The molecule has 0 atom stereocenters. The minimum Gasteiger partial charge on any atom is -0.398 e. The summed E-state index contributed by atoms with van der Waals surface area (Å²) in [5.74, 6) is -1.30. The quantitative estimate of drug-likeness (QED) is 0.445. The normalized spacial score (nSPS) is 11.8. The fourth-order valence-corrected chi connectivity index (χ4v) is 1.57. The molecule has 1 aromatic rings. The average Bonchev–Trinajstić information content (AvgIpc) is 1.95. The van der Waals surface area contributed by atoms with E-state index in [0.29, 0.717) is 6.07 Å². The standard InChI is InChI=1S/C7H4F4IN/c8-3-1-2-4(13)6(12)5(3)7(9,10)11/h1-2H,13H2. The van der Waals surface area contributed by atoms with Gasteiger partial charge in [0.1, 0.15) is 11.4 Å². The highest BCUT2D eigenvalue weighted by molar-refractivity contribution is 14.1. The van der Waals surface area contributed by atoms with Gasteiger partial charge in [-0.05, 0) is 34.7 Å². The number of hydrogen-bond acceptors (Lipinski definition) is 1. The van der Waals surface area contributed by atoms with Gasteiger partial charge in [-0.2, -0.15) is 13.2 Å². The molecule has 0 aliphatic heterocycles. The van der Waals surface area contributed by atoms with Crippen LogP contribution in [0.5, 0.6) is 0 Å². The summed E-state index contributed by atoms with van der Waals surface area (Å²) in [5, 5.41) is 0. The molecule has 1 aromatic carbocycles. The van der Waals surface area contributed by atoms with E-state index in [2.05, 4.69) is 0 Å². The maximum atomic E-state index is 12.7. The number of anilines is 1. The molecule has 13 heavy (non-hydrogen) atoms. The topological polar surface area (TPSA) is 26.0 Å². The van der Waals surface area contributed by atoms with E-state index in [4.69, 9.17) is 5.73 Å². The highest BCUT2D eigenvalue weighted by atomic mass is 127. The first-order valence-electron chi connectivity index (χ1n) is 3.14. The second-order valence-corrected chi connectivity index (χ2v) is 3.40. The summed E-state index contributed by atoms with van der Waals surface area (Å²) in [6.07, 6.45) is -4.70. The van der Waals surface area contributed by atoms with Crippen molar-refractivity contribution in [1.29, 1.82) is 0 Å². The zero-order valence-electron chi connectivity index (χ0n) is 6.12. The van der Waals surface area contributed by atoms with E-state index >= 15 is 0 Å². The molecule has 2 N–H and O–H groups in total. The molecule has 0 bridgehead atoms. The van der Waals surface area contributed by atoms with Crippen molar-refractivity contribution in [1.82, 2.24) is 0 Å². The summed E-state index contributed by atoms with van der Waals surface area (Å²) in [7, 11) is 0. The van der Waals surface area contributed by atoms with Gasteiger partial charge in [0.25, 0.3) is 0 Å². The van der Waals surface area contributed by atoms with Gasteiger partial charge in [-0.25, -0.2) is 4.39 Å². The zero-order valence-corrected chi connectivity index (χ0v) is 8.28. The van der Waals surface area contributed by atoms with Crippen molar-refractivity contribution in [3.05, 3.63) is 27.1 Å². The fourth-order valence-electron chi connectivity index (χ4n) is 0.828. The number of nitrogen functional groups attached to an aromatic ring is 1. The lowest BCUT2D eigenvalue weighted by Crippen LogP contribution is -2.12. The summed E-state index contributed by atoms with van der Waals surface area (Å²) in [6.45, 7) is 0. The predicted octanol–water partition coefficient (Wildman–Crippen LogP) is 3.03. The first kappa shape index (κ1) is 10.6. The summed E-state index contributed by atoms with van der Waals surface area (Å²) < 4.78 is 49.0. The lowest BCUT2D eigenvalue weighted by atomic mass is 10.2. The van der Waals surface area contributed by atoms with Crippen LogP contribution in [0.25, 0.3) is 0 Å². The third-order valence-electron chi connectivity index (χ3n) is 1.40. The van der Waals surface area contributed by atoms with E-state index in [-0.39, 0.29) is 9.26 Å². The predicted molar refractivity (Wildman–Crippen MR) is 48.5 cm³/mol. The molecule has 0 aliphatic carbocycles. The Morgan fingerprint density at radius 2 is 1.77 bits per heavy atom. The Hall–Kier alpha value is -0.530. The fraction of sp³-hybridized carbons (Fsp3) is 0.143. The number of rotatable bonds is 0. The molecule has 1 nitrogen and oxygen atoms in total. The molecule has 0 aliphatic rings.